The van der Waals surface area contributed by atoms with Crippen LogP contribution in [0.4, 0.5) is 0 Å². The number of hydrogen-bond acceptors (Lipinski definition) is 3. The van der Waals surface area contributed by atoms with Gasteiger partial charge in [-0.2, -0.15) is 0 Å². The van der Waals surface area contributed by atoms with Gasteiger partial charge in [0.15, 0.2) is 0 Å². The second-order valence-electron chi connectivity index (χ2n) is 6.88. The maximum absolute atomic E-state index is 4.46. The average Bonchev–Trinajstić information content (AvgIpc) is 2.84. The van der Waals surface area contributed by atoms with Crippen molar-refractivity contribution in [3.8, 4) is 0 Å². The van der Waals surface area contributed by atoms with Crippen molar-refractivity contribution in [1.82, 2.24) is 19.8 Å². The van der Waals surface area contributed by atoms with Crippen LogP contribution in [0.3, 0.4) is 0 Å². The fraction of sp³-hybridized carbons (Fsp3) is 0.824. The molecule has 0 spiro atoms. The van der Waals surface area contributed by atoms with Gasteiger partial charge < -0.3 is 9.88 Å². The number of piperazine rings is 1. The van der Waals surface area contributed by atoms with E-state index in [0.717, 1.165) is 25.4 Å². The van der Waals surface area contributed by atoms with Gasteiger partial charge in [-0.1, -0.05) is 27.2 Å². The van der Waals surface area contributed by atoms with E-state index < -0.39 is 0 Å². The van der Waals surface area contributed by atoms with Gasteiger partial charge in [0.05, 0.1) is 0 Å². The zero-order chi connectivity index (χ0) is 15.2. The van der Waals surface area contributed by atoms with E-state index in [0.29, 0.717) is 12.1 Å². The van der Waals surface area contributed by atoms with Gasteiger partial charge in [0.25, 0.3) is 0 Å². The molecule has 2 atom stereocenters. The van der Waals surface area contributed by atoms with E-state index in [9.17, 15) is 0 Å². The number of nitrogens with one attached hydrogen (secondary N) is 1. The first-order valence-corrected chi connectivity index (χ1v) is 8.53. The summed E-state index contributed by atoms with van der Waals surface area (Å²) in [6, 6.07) is 1.35. The molecule has 0 aromatic carbocycles. The Morgan fingerprint density at radius 1 is 1.43 bits per heavy atom. The maximum Gasteiger partial charge on any atom is 0.109 e. The minimum absolute atomic E-state index is 0.652. The molecular formula is C17H32N4. The predicted molar refractivity (Wildman–Crippen MR) is 88.4 cm³/mol. The third-order valence-corrected chi connectivity index (χ3v) is 4.53. The molecule has 0 aliphatic carbocycles. The Labute approximate surface area is 129 Å². The highest BCUT2D eigenvalue weighted by Crippen LogP contribution is 2.17. The van der Waals surface area contributed by atoms with E-state index in [4.69, 9.17) is 0 Å². The SMILES string of the molecule is CCCC1CNC(CC(C)C)CN1CCc1nccn1C. The third-order valence-electron chi connectivity index (χ3n) is 4.53. The lowest BCUT2D eigenvalue weighted by atomic mass is 9.98. The molecule has 0 radical (unpaired) electrons. The topological polar surface area (TPSA) is 33.1 Å². The molecule has 21 heavy (non-hydrogen) atoms. The number of imidazole rings is 1. The highest BCUT2D eigenvalue weighted by Gasteiger charge is 2.27. The van der Waals surface area contributed by atoms with Crippen LogP contribution in [0.25, 0.3) is 0 Å². The molecule has 1 fully saturated rings. The van der Waals surface area contributed by atoms with Crippen molar-refractivity contribution in [1.29, 1.82) is 0 Å². The standard InChI is InChI=1S/C17H32N4/c1-5-6-16-12-19-15(11-14(2)3)13-21(16)9-7-17-18-8-10-20(17)4/h8,10,14-16,19H,5-7,9,11-13H2,1-4H3. The number of aromatic nitrogens is 2. The molecule has 1 aliphatic rings. The van der Waals surface area contributed by atoms with Crippen LogP contribution < -0.4 is 5.32 Å². The van der Waals surface area contributed by atoms with Crippen molar-refractivity contribution in [3.63, 3.8) is 0 Å². The molecule has 2 unspecified atom stereocenters. The van der Waals surface area contributed by atoms with E-state index in [1.807, 2.05) is 12.4 Å². The van der Waals surface area contributed by atoms with Gasteiger partial charge in [-0.15, -0.1) is 0 Å². The molecule has 2 heterocycles. The second kappa shape index (κ2) is 7.95. The first kappa shape index (κ1) is 16.5. The van der Waals surface area contributed by atoms with Crippen LogP contribution in [0, 0.1) is 5.92 Å². The first-order chi connectivity index (χ1) is 10.1. The summed E-state index contributed by atoms with van der Waals surface area (Å²) in [6.07, 6.45) is 8.83. The number of hydrogen-bond donors (Lipinski definition) is 1. The van der Waals surface area contributed by atoms with Crippen molar-refractivity contribution < 1.29 is 0 Å². The van der Waals surface area contributed by atoms with E-state index in [2.05, 4.69) is 47.6 Å². The minimum Gasteiger partial charge on any atom is -0.338 e. The Morgan fingerprint density at radius 3 is 2.86 bits per heavy atom. The summed E-state index contributed by atoms with van der Waals surface area (Å²) in [5, 5.41) is 3.76. The molecule has 1 aliphatic heterocycles. The summed E-state index contributed by atoms with van der Waals surface area (Å²) in [7, 11) is 2.09. The quantitative estimate of drug-likeness (QED) is 0.838. The van der Waals surface area contributed by atoms with Crippen LogP contribution in [0.2, 0.25) is 0 Å². The largest absolute Gasteiger partial charge is 0.338 e. The van der Waals surface area contributed by atoms with Crippen molar-refractivity contribution in [2.45, 2.75) is 58.5 Å². The molecule has 2 rings (SSSR count). The van der Waals surface area contributed by atoms with Crippen LogP contribution >= 0.6 is 0 Å². The molecule has 0 saturated carbocycles. The fourth-order valence-electron chi connectivity index (χ4n) is 3.43. The van der Waals surface area contributed by atoms with Gasteiger partial charge in [-0.3, -0.25) is 4.90 Å². The summed E-state index contributed by atoms with van der Waals surface area (Å²) in [4.78, 5) is 7.16. The maximum atomic E-state index is 4.46. The monoisotopic (exact) mass is 292 g/mol. The summed E-state index contributed by atoms with van der Waals surface area (Å²) in [5.41, 5.74) is 0. The van der Waals surface area contributed by atoms with Gasteiger partial charge in [0.2, 0.25) is 0 Å². The summed E-state index contributed by atoms with van der Waals surface area (Å²) in [5.74, 6) is 1.96. The zero-order valence-electron chi connectivity index (χ0n) is 14.2. The van der Waals surface area contributed by atoms with Crippen molar-refractivity contribution in [2.75, 3.05) is 19.6 Å². The molecule has 4 heteroatoms. The predicted octanol–water partition coefficient (Wildman–Crippen LogP) is 2.45. The van der Waals surface area contributed by atoms with E-state index >= 15 is 0 Å². The molecular weight excluding hydrogens is 260 g/mol. The fourth-order valence-corrected chi connectivity index (χ4v) is 3.43. The summed E-state index contributed by atoms with van der Waals surface area (Å²) in [6.45, 7) is 10.4. The van der Waals surface area contributed by atoms with Gasteiger partial charge >= 0.3 is 0 Å². The Hall–Kier alpha value is -0.870. The molecule has 1 saturated heterocycles. The van der Waals surface area contributed by atoms with Crippen LogP contribution in [0.1, 0.15) is 45.9 Å². The Kier molecular flexibility index (Phi) is 6.24. The van der Waals surface area contributed by atoms with Gasteiger partial charge in [0.1, 0.15) is 5.82 Å². The van der Waals surface area contributed by atoms with Crippen LogP contribution in [0.15, 0.2) is 12.4 Å². The smallest absolute Gasteiger partial charge is 0.109 e. The second-order valence-corrected chi connectivity index (χ2v) is 6.88. The van der Waals surface area contributed by atoms with Gasteiger partial charge in [-0.05, 0) is 18.8 Å². The van der Waals surface area contributed by atoms with Gasteiger partial charge in [0, 0.05) is 57.6 Å². The molecule has 1 aromatic heterocycles. The lowest BCUT2D eigenvalue weighted by Crippen LogP contribution is -2.57. The van der Waals surface area contributed by atoms with Crippen LogP contribution in [-0.2, 0) is 13.5 Å². The summed E-state index contributed by atoms with van der Waals surface area (Å²) >= 11 is 0. The van der Waals surface area contributed by atoms with Crippen LogP contribution in [-0.4, -0.2) is 46.2 Å². The van der Waals surface area contributed by atoms with Gasteiger partial charge in [-0.25, -0.2) is 4.98 Å². The lowest BCUT2D eigenvalue weighted by molar-refractivity contribution is 0.115. The first-order valence-electron chi connectivity index (χ1n) is 8.53. The highest BCUT2D eigenvalue weighted by molar-refractivity contribution is 4.94. The molecule has 1 N–H and O–H groups in total. The lowest BCUT2D eigenvalue weighted by Gasteiger charge is -2.41. The van der Waals surface area contributed by atoms with Crippen molar-refractivity contribution in [3.05, 3.63) is 18.2 Å². The van der Waals surface area contributed by atoms with Crippen molar-refractivity contribution in [2.24, 2.45) is 13.0 Å². The molecule has 4 nitrogen and oxygen atoms in total. The minimum atomic E-state index is 0.652. The van der Waals surface area contributed by atoms with E-state index in [1.165, 1.54) is 31.6 Å². The molecule has 0 amide bonds. The third kappa shape index (κ3) is 4.82. The molecule has 0 bridgehead atoms. The van der Waals surface area contributed by atoms with E-state index in [1.54, 1.807) is 0 Å². The Balaban J connectivity index is 1.92. The number of nitrogens with zero attached hydrogens (tertiary/aromatic N) is 3. The number of rotatable bonds is 7. The van der Waals surface area contributed by atoms with Crippen molar-refractivity contribution >= 4 is 0 Å². The van der Waals surface area contributed by atoms with E-state index in [-0.39, 0.29) is 0 Å². The highest BCUT2D eigenvalue weighted by atomic mass is 15.2. The average molecular weight is 292 g/mol. The molecule has 1 aromatic rings. The Morgan fingerprint density at radius 2 is 2.24 bits per heavy atom. The Bertz CT molecular complexity index is 413. The number of aryl methyl sites for hydroxylation is 1. The summed E-state index contributed by atoms with van der Waals surface area (Å²) < 4.78 is 2.14. The normalized spacial score (nSPS) is 23.9. The molecule has 120 valence electrons. The van der Waals surface area contributed by atoms with Crippen LogP contribution in [0.5, 0.6) is 0 Å². The zero-order valence-corrected chi connectivity index (χ0v) is 14.2.